The van der Waals surface area contributed by atoms with Gasteiger partial charge >= 0.3 is 0 Å². The zero-order chi connectivity index (χ0) is 15.2. The van der Waals surface area contributed by atoms with Crippen molar-refractivity contribution in [3.05, 3.63) is 65.5 Å². The summed E-state index contributed by atoms with van der Waals surface area (Å²) in [5.41, 5.74) is 8.26. The monoisotopic (exact) mass is 286 g/mol. The average Bonchev–Trinajstić information content (AvgIpc) is 2.44. The topological polar surface area (TPSA) is 55.1 Å². The lowest BCUT2D eigenvalue weighted by Crippen LogP contribution is -2.35. The van der Waals surface area contributed by atoms with Crippen LogP contribution in [0.15, 0.2) is 48.5 Å². The minimum Gasteiger partial charge on any atom is -0.398 e. The number of nitrogens with one attached hydrogen (secondary N) is 1. The highest BCUT2D eigenvalue weighted by atomic mass is 19.1. The number of amides is 1. The predicted octanol–water partition coefficient (Wildman–Crippen LogP) is 2.70. The molecule has 1 amide bonds. The first-order chi connectivity index (χ1) is 10.0. The van der Waals surface area contributed by atoms with Crippen LogP contribution < -0.4 is 11.1 Å². The van der Waals surface area contributed by atoms with Crippen LogP contribution in [0, 0.1) is 5.82 Å². The van der Waals surface area contributed by atoms with Gasteiger partial charge in [-0.15, -0.1) is 0 Å². The van der Waals surface area contributed by atoms with Crippen LogP contribution in [0.4, 0.5) is 10.1 Å². The Bertz CT molecular complexity index is 610. The second-order valence-electron chi connectivity index (χ2n) is 5.17. The smallest absolute Gasteiger partial charge is 0.224 e. The van der Waals surface area contributed by atoms with Crippen molar-refractivity contribution >= 4 is 11.6 Å². The third kappa shape index (κ3) is 4.60. The average molecular weight is 286 g/mol. The summed E-state index contributed by atoms with van der Waals surface area (Å²) in [6, 6.07) is 13.6. The van der Waals surface area contributed by atoms with Gasteiger partial charge in [0, 0.05) is 11.7 Å². The van der Waals surface area contributed by atoms with E-state index in [0.29, 0.717) is 12.1 Å². The van der Waals surface area contributed by atoms with Gasteiger partial charge in [-0.25, -0.2) is 4.39 Å². The molecule has 0 saturated carbocycles. The highest BCUT2D eigenvalue weighted by molar-refractivity contribution is 5.80. The Kier molecular flexibility index (Phi) is 4.93. The SMILES string of the molecule is CC(Cc1ccc(F)cc1)NC(=O)Cc1ccccc1N. The summed E-state index contributed by atoms with van der Waals surface area (Å²) in [7, 11) is 0. The molecule has 0 aliphatic heterocycles. The van der Waals surface area contributed by atoms with Crippen LogP contribution in [0.1, 0.15) is 18.1 Å². The Hall–Kier alpha value is -2.36. The molecule has 0 aliphatic carbocycles. The quantitative estimate of drug-likeness (QED) is 0.830. The normalized spacial score (nSPS) is 11.9. The molecule has 1 unspecified atom stereocenters. The molecule has 0 radical (unpaired) electrons. The van der Waals surface area contributed by atoms with E-state index in [4.69, 9.17) is 5.73 Å². The Balaban J connectivity index is 1.87. The van der Waals surface area contributed by atoms with Crippen LogP contribution in [-0.4, -0.2) is 11.9 Å². The van der Waals surface area contributed by atoms with Crippen LogP contribution in [0.25, 0.3) is 0 Å². The number of benzene rings is 2. The second-order valence-corrected chi connectivity index (χ2v) is 5.17. The number of hydrogen-bond acceptors (Lipinski definition) is 2. The van der Waals surface area contributed by atoms with E-state index in [9.17, 15) is 9.18 Å². The summed E-state index contributed by atoms with van der Waals surface area (Å²) in [6.07, 6.45) is 0.927. The molecule has 0 spiro atoms. The molecule has 0 aromatic heterocycles. The summed E-state index contributed by atoms with van der Waals surface area (Å²) in [6.45, 7) is 1.93. The fraction of sp³-hybridized carbons (Fsp3) is 0.235. The number of nitrogen functional groups attached to an aromatic ring is 1. The maximum Gasteiger partial charge on any atom is 0.224 e. The number of para-hydroxylation sites is 1. The number of hydrogen-bond donors (Lipinski definition) is 2. The van der Waals surface area contributed by atoms with Crippen LogP contribution in [0.5, 0.6) is 0 Å². The molecule has 2 aromatic rings. The fourth-order valence-electron chi connectivity index (χ4n) is 2.22. The van der Waals surface area contributed by atoms with E-state index >= 15 is 0 Å². The first kappa shape index (κ1) is 15.0. The van der Waals surface area contributed by atoms with Crippen molar-refractivity contribution in [2.75, 3.05) is 5.73 Å². The minimum absolute atomic E-state index is 0.0205. The third-order valence-corrected chi connectivity index (χ3v) is 3.27. The van der Waals surface area contributed by atoms with Gasteiger partial charge in [0.15, 0.2) is 0 Å². The molecule has 21 heavy (non-hydrogen) atoms. The van der Waals surface area contributed by atoms with Crippen molar-refractivity contribution in [1.82, 2.24) is 5.32 Å². The highest BCUT2D eigenvalue weighted by Gasteiger charge is 2.10. The number of rotatable bonds is 5. The maximum atomic E-state index is 12.8. The summed E-state index contributed by atoms with van der Waals surface area (Å²) < 4.78 is 12.8. The Morgan fingerprint density at radius 1 is 1.19 bits per heavy atom. The van der Waals surface area contributed by atoms with E-state index in [1.54, 1.807) is 18.2 Å². The lowest BCUT2D eigenvalue weighted by molar-refractivity contribution is -0.121. The highest BCUT2D eigenvalue weighted by Crippen LogP contribution is 2.11. The molecule has 0 saturated heterocycles. The maximum absolute atomic E-state index is 12.8. The molecule has 1 atom stereocenters. The van der Waals surface area contributed by atoms with Gasteiger partial charge in [0.25, 0.3) is 0 Å². The first-order valence-corrected chi connectivity index (χ1v) is 6.92. The van der Waals surface area contributed by atoms with E-state index in [0.717, 1.165) is 11.1 Å². The van der Waals surface area contributed by atoms with Gasteiger partial charge in [0.1, 0.15) is 5.82 Å². The van der Waals surface area contributed by atoms with Crippen molar-refractivity contribution in [1.29, 1.82) is 0 Å². The summed E-state index contributed by atoms with van der Waals surface area (Å²) in [5.74, 6) is -0.322. The van der Waals surface area contributed by atoms with Crippen molar-refractivity contribution in [2.24, 2.45) is 0 Å². The number of nitrogens with two attached hydrogens (primary N) is 1. The zero-order valence-electron chi connectivity index (χ0n) is 12.0. The molecule has 2 aromatic carbocycles. The summed E-state index contributed by atoms with van der Waals surface area (Å²) in [5, 5.41) is 2.93. The van der Waals surface area contributed by atoms with Gasteiger partial charge in [-0.1, -0.05) is 30.3 Å². The molecule has 3 nitrogen and oxygen atoms in total. The van der Waals surface area contributed by atoms with Crippen LogP contribution in [-0.2, 0) is 17.6 Å². The van der Waals surface area contributed by atoms with E-state index in [2.05, 4.69) is 5.32 Å². The van der Waals surface area contributed by atoms with Crippen LogP contribution in [0.3, 0.4) is 0 Å². The van der Waals surface area contributed by atoms with Gasteiger partial charge in [0.05, 0.1) is 6.42 Å². The Labute approximate surface area is 124 Å². The second kappa shape index (κ2) is 6.88. The number of carbonyl (C=O) groups is 1. The molecule has 4 heteroatoms. The van der Waals surface area contributed by atoms with Crippen molar-refractivity contribution in [3.8, 4) is 0 Å². The first-order valence-electron chi connectivity index (χ1n) is 6.92. The molecule has 3 N–H and O–H groups in total. The minimum atomic E-state index is -0.255. The third-order valence-electron chi connectivity index (χ3n) is 3.27. The zero-order valence-corrected chi connectivity index (χ0v) is 12.0. The van der Waals surface area contributed by atoms with E-state index in [-0.39, 0.29) is 24.2 Å². The Morgan fingerprint density at radius 2 is 1.86 bits per heavy atom. The van der Waals surface area contributed by atoms with Gasteiger partial charge in [0.2, 0.25) is 5.91 Å². The number of carbonyl (C=O) groups excluding carboxylic acids is 1. The molecule has 0 bridgehead atoms. The van der Waals surface area contributed by atoms with Crippen molar-refractivity contribution in [2.45, 2.75) is 25.8 Å². The van der Waals surface area contributed by atoms with Gasteiger partial charge in [-0.05, 0) is 42.7 Å². The molecular weight excluding hydrogens is 267 g/mol. The van der Waals surface area contributed by atoms with Crippen LogP contribution >= 0.6 is 0 Å². The standard InChI is InChI=1S/C17H19FN2O/c1-12(10-13-6-8-15(18)9-7-13)20-17(21)11-14-4-2-3-5-16(14)19/h2-9,12H,10-11,19H2,1H3,(H,20,21). The summed E-state index contributed by atoms with van der Waals surface area (Å²) >= 11 is 0. The fourth-order valence-corrected chi connectivity index (χ4v) is 2.22. The molecule has 0 heterocycles. The number of halogens is 1. The van der Waals surface area contributed by atoms with Crippen LogP contribution in [0.2, 0.25) is 0 Å². The number of anilines is 1. The van der Waals surface area contributed by atoms with Gasteiger partial charge in [-0.3, -0.25) is 4.79 Å². The summed E-state index contributed by atoms with van der Waals surface area (Å²) in [4.78, 5) is 12.0. The van der Waals surface area contributed by atoms with E-state index in [1.807, 2.05) is 25.1 Å². The lowest BCUT2D eigenvalue weighted by Gasteiger charge is -2.14. The molecular formula is C17H19FN2O. The molecule has 2 rings (SSSR count). The van der Waals surface area contributed by atoms with Crippen molar-refractivity contribution in [3.63, 3.8) is 0 Å². The lowest BCUT2D eigenvalue weighted by atomic mass is 10.1. The largest absolute Gasteiger partial charge is 0.398 e. The van der Waals surface area contributed by atoms with E-state index < -0.39 is 0 Å². The van der Waals surface area contributed by atoms with Crippen molar-refractivity contribution < 1.29 is 9.18 Å². The van der Waals surface area contributed by atoms with Gasteiger partial charge in [-0.2, -0.15) is 0 Å². The predicted molar refractivity (Wildman–Crippen MR) is 82.3 cm³/mol. The molecule has 0 aliphatic rings. The molecule has 0 fully saturated rings. The van der Waals surface area contributed by atoms with Gasteiger partial charge < -0.3 is 11.1 Å². The Morgan fingerprint density at radius 3 is 2.52 bits per heavy atom. The van der Waals surface area contributed by atoms with E-state index in [1.165, 1.54) is 12.1 Å². The molecule has 110 valence electrons.